The maximum atomic E-state index is 14.7. The van der Waals surface area contributed by atoms with Crippen molar-refractivity contribution in [1.29, 1.82) is 0 Å². The lowest BCUT2D eigenvalue weighted by Gasteiger charge is -2.49. The second-order valence-corrected chi connectivity index (χ2v) is 22.1. The minimum atomic E-state index is -1.82. The van der Waals surface area contributed by atoms with Crippen molar-refractivity contribution in [2.24, 2.45) is 11.8 Å². The smallest absolute Gasteiger partial charge is 0.332 e. The minimum absolute atomic E-state index is 0.00803. The van der Waals surface area contributed by atoms with E-state index in [1.807, 2.05) is 61.5 Å². The Kier molecular flexibility index (Phi) is 20.5. The Morgan fingerprint density at radius 1 is 0.732 bits per heavy atom. The van der Waals surface area contributed by atoms with Gasteiger partial charge in [0.25, 0.3) is 0 Å². The van der Waals surface area contributed by atoms with Gasteiger partial charge in [0.1, 0.15) is 84.5 Å². The van der Waals surface area contributed by atoms with E-state index in [1.54, 1.807) is 12.4 Å². The topological polar surface area (TPSA) is 383 Å². The molecule has 11 N–H and O–H groups in total. The van der Waals surface area contributed by atoms with E-state index in [0.29, 0.717) is 17.0 Å². The summed E-state index contributed by atoms with van der Waals surface area (Å²) in [4.78, 5) is 40.6. The fourth-order valence-electron chi connectivity index (χ4n) is 11.8. The molecule has 3 aliphatic heterocycles. The molecule has 3 saturated heterocycles. The normalized spacial score (nSPS) is 34.9. The molecule has 450 valence electrons. The molecule has 5 heterocycles. The number of carbonyl (C=O) groups is 3. The van der Waals surface area contributed by atoms with Gasteiger partial charge in [0.2, 0.25) is 11.8 Å². The van der Waals surface area contributed by atoms with Crippen LogP contribution in [0, 0.1) is 18.8 Å². The molecule has 82 heavy (non-hydrogen) atoms. The number of amides is 2. The van der Waals surface area contributed by atoms with Crippen LogP contribution < -0.4 is 10.6 Å². The molecule has 9 rings (SSSR count). The molecule has 0 bridgehead atoms. The van der Waals surface area contributed by atoms with E-state index >= 15 is 0 Å². The summed E-state index contributed by atoms with van der Waals surface area (Å²) < 4.78 is 46.4. The van der Waals surface area contributed by atoms with Crippen LogP contribution in [-0.4, -0.2) is 224 Å². The summed E-state index contributed by atoms with van der Waals surface area (Å²) in [7, 11) is 0. The Hall–Kier alpha value is -5.47. The molecule has 5 fully saturated rings. The van der Waals surface area contributed by atoms with Gasteiger partial charge in [-0.25, -0.2) is 14.2 Å². The molecule has 4 aromatic rings. The minimum Gasteiger partial charge on any atom is -0.479 e. The number of carboxylic acids is 1. The molecule has 2 aromatic heterocycles. The number of carbonyl (C=O) groups excluding carboxylic acids is 2. The Balaban J connectivity index is 0.996. The number of aliphatic hydroxyl groups is 8. The van der Waals surface area contributed by atoms with Crippen LogP contribution in [0.15, 0.2) is 67.0 Å². The van der Waals surface area contributed by atoms with Gasteiger partial charge in [-0.15, -0.1) is 10.2 Å². The maximum absolute atomic E-state index is 14.7. The van der Waals surface area contributed by atoms with Gasteiger partial charge in [0.05, 0.1) is 50.5 Å². The lowest BCUT2D eigenvalue weighted by molar-refractivity contribution is -0.337. The first-order valence-corrected chi connectivity index (χ1v) is 28.0. The summed E-state index contributed by atoms with van der Waals surface area (Å²) in [5.74, 6) is -3.50. The first-order valence-electron chi connectivity index (χ1n) is 28.0. The summed E-state index contributed by atoms with van der Waals surface area (Å²) in [6.45, 7) is 2.70. The van der Waals surface area contributed by atoms with E-state index in [-0.39, 0.29) is 38.3 Å². The van der Waals surface area contributed by atoms with Crippen LogP contribution in [0.1, 0.15) is 82.9 Å². The van der Waals surface area contributed by atoms with Crippen LogP contribution in [0.5, 0.6) is 0 Å². The number of nitrogens with zero attached hydrogens (tertiary/aromatic N) is 6. The van der Waals surface area contributed by atoms with Crippen LogP contribution in [0.4, 0.5) is 0 Å². The molecule has 27 nitrogen and oxygen atoms in total. The summed E-state index contributed by atoms with van der Waals surface area (Å²) in [5, 5.41) is 122. The Morgan fingerprint density at radius 2 is 1.40 bits per heavy atom. The summed E-state index contributed by atoms with van der Waals surface area (Å²) in [6, 6.07) is 12.9. The lowest BCUT2D eigenvalue weighted by Crippen LogP contribution is -2.67. The molecule has 2 aliphatic carbocycles. The average Bonchev–Trinajstić information content (AvgIpc) is 4.07. The van der Waals surface area contributed by atoms with Crippen molar-refractivity contribution >= 4 is 17.8 Å². The second kappa shape index (κ2) is 27.5. The molecular weight excluding hydrogens is 1080 g/mol. The van der Waals surface area contributed by atoms with Gasteiger partial charge in [-0.1, -0.05) is 96.6 Å². The molecule has 27 heteroatoms. The third-order valence-electron chi connectivity index (χ3n) is 16.2. The second-order valence-electron chi connectivity index (χ2n) is 22.1. The first-order chi connectivity index (χ1) is 39.4. The number of nitrogens with one attached hydrogen (secondary N) is 2. The summed E-state index contributed by atoms with van der Waals surface area (Å²) in [5.41, 5.74) is 3.31. The highest BCUT2D eigenvalue weighted by Gasteiger charge is 2.54. The van der Waals surface area contributed by atoms with E-state index in [0.717, 1.165) is 43.2 Å². The van der Waals surface area contributed by atoms with E-state index in [4.69, 9.17) is 33.2 Å². The van der Waals surface area contributed by atoms with Crippen LogP contribution in [0.25, 0.3) is 22.5 Å². The van der Waals surface area contributed by atoms with E-state index in [1.165, 1.54) is 23.2 Å². The predicted molar refractivity (Wildman–Crippen MR) is 282 cm³/mol. The number of aryl methyl sites for hydroxylation is 1. The van der Waals surface area contributed by atoms with Crippen LogP contribution >= 0.6 is 0 Å². The Morgan fingerprint density at radius 3 is 2.10 bits per heavy atom. The van der Waals surface area contributed by atoms with Crippen LogP contribution in [0.2, 0.25) is 0 Å². The van der Waals surface area contributed by atoms with Crippen molar-refractivity contribution in [3.63, 3.8) is 0 Å². The Labute approximate surface area is 472 Å². The van der Waals surface area contributed by atoms with E-state index in [9.17, 15) is 60.3 Å². The highest BCUT2D eigenvalue weighted by atomic mass is 16.7. The number of benzene rings is 2. The summed E-state index contributed by atoms with van der Waals surface area (Å²) >= 11 is 0. The number of rotatable bonds is 21. The number of hydrogen-bond donors (Lipinski definition) is 11. The fraction of sp³-hybridized carbons (Fsp3) is 0.655. The molecule has 2 saturated carbocycles. The summed E-state index contributed by atoms with van der Waals surface area (Å²) in [6.07, 6.45) is -16.5. The van der Waals surface area contributed by atoms with Gasteiger partial charge in [-0.05, 0) is 45.1 Å². The van der Waals surface area contributed by atoms with Crippen molar-refractivity contribution in [3.8, 4) is 22.5 Å². The number of aromatic nitrogens is 6. The van der Waals surface area contributed by atoms with Crippen molar-refractivity contribution in [2.45, 2.75) is 188 Å². The lowest BCUT2D eigenvalue weighted by atomic mass is 9.80. The number of carboxylic acid groups (broad SMARTS) is 1. The molecule has 9 unspecified atom stereocenters. The zero-order valence-electron chi connectivity index (χ0n) is 45.8. The van der Waals surface area contributed by atoms with Crippen molar-refractivity contribution < 1.29 is 93.5 Å². The predicted octanol–water partition coefficient (Wildman–Crippen LogP) is -0.734. The van der Waals surface area contributed by atoms with Gasteiger partial charge in [0.15, 0.2) is 25.0 Å². The third kappa shape index (κ3) is 14.0. The zero-order valence-corrected chi connectivity index (χ0v) is 45.8. The Bertz CT molecular complexity index is 2720. The quantitative estimate of drug-likeness (QED) is 0.0458. The largest absolute Gasteiger partial charge is 0.479 e. The van der Waals surface area contributed by atoms with Crippen molar-refractivity contribution in [2.75, 3.05) is 26.4 Å². The molecule has 5 aliphatic rings. The highest BCUT2D eigenvalue weighted by Crippen LogP contribution is 2.42. The zero-order chi connectivity index (χ0) is 58.4. The van der Waals surface area contributed by atoms with E-state index in [2.05, 4.69) is 31.3 Å². The van der Waals surface area contributed by atoms with Crippen LogP contribution in [0.3, 0.4) is 0 Å². The first kappa shape index (κ1) is 61.1. The third-order valence-corrected chi connectivity index (χ3v) is 16.2. The molecule has 2 aromatic carbocycles. The SMILES string of the molecule is CC(=O)NC1C(O[C@@H](CC2CCCCC2)C(=O)O)[C@@H](O)[C@H](CO)O[C@H]1O[C@@H]1CC(C(=O)NCCO[C@H]2OC(CO)[C@@H](O)C(n3cc(-c4cccc(C)c4)nn3)C2O)CC(n2cc(-c3ccccc3)nn2)[C@H]1O[C@@H]1OC(C)[C@@H](O)[C@H](O)C1O. The van der Waals surface area contributed by atoms with E-state index < -0.39 is 153 Å². The number of aliphatic carboxylic acids is 1. The molecule has 0 spiro atoms. The number of hydrogen-bond acceptors (Lipinski definition) is 22. The standard InChI is InChI=1S/C55H76N8O19/c1-27-11-10-16-32(19-27)35-24-63(61-59-35)42-44(68)39(25-64)81-54(46(42)70)76-18-17-56-51(73)33-21-36(62-23-34(58-60-62)31-14-8-5-9-15-31)49(82-55-48(72)47(71)43(67)28(2)77-55)37(22-33)79-53-41(57-29(3)66)50(45(69)40(26-65)80-53)78-38(52(74)75)20-30-12-6-4-7-13-30/h5,8-11,14-16,19,23-24,28,30,33,36-50,53-55,64-65,67-72H,4,6-7,12-13,17-18,20-22,25-26H2,1-3H3,(H,56,73)(H,57,66)(H,74,75)/t28?,33?,36?,37-,38+,39?,40+,41?,42?,43-,44-,45+,46?,47+,48?,49-,50?,53-,54+,55+/m1/s1. The molecule has 0 radical (unpaired) electrons. The van der Waals surface area contributed by atoms with Crippen molar-refractivity contribution in [1.82, 2.24) is 40.6 Å². The highest BCUT2D eigenvalue weighted by molar-refractivity contribution is 5.79. The number of aliphatic hydroxyl groups excluding tert-OH is 8. The van der Waals surface area contributed by atoms with Crippen LogP contribution in [-0.2, 0) is 47.5 Å². The van der Waals surface area contributed by atoms with Gasteiger partial charge in [0, 0.05) is 30.5 Å². The van der Waals surface area contributed by atoms with Gasteiger partial charge in [-0.3, -0.25) is 9.59 Å². The van der Waals surface area contributed by atoms with Crippen molar-refractivity contribution in [3.05, 3.63) is 72.6 Å². The van der Waals surface area contributed by atoms with Gasteiger partial charge < -0.3 is 89.8 Å². The molecule has 20 atom stereocenters. The van der Waals surface area contributed by atoms with Gasteiger partial charge in [-0.2, -0.15) is 0 Å². The molecule has 2 amide bonds. The number of ether oxygens (including phenoxy) is 7. The monoisotopic (exact) mass is 1150 g/mol. The average molecular weight is 1150 g/mol. The molecular formula is C55H76N8O19. The fourth-order valence-corrected chi connectivity index (χ4v) is 11.8. The van der Waals surface area contributed by atoms with Gasteiger partial charge >= 0.3 is 5.97 Å². The maximum Gasteiger partial charge on any atom is 0.332 e.